The van der Waals surface area contributed by atoms with Crippen molar-refractivity contribution in [3.8, 4) is 5.75 Å². The number of carbonyl (C=O) groups excluding carboxylic acids is 2. The molecule has 0 aliphatic carbocycles. The molecule has 8 nitrogen and oxygen atoms in total. The van der Waals surface area contributed by atoms with Gasteiger partial charge in [-0.25, -0.2) is 4.98 Å². The molecule has 0 fully saturated rings. The van der Waals surface area contributed by atoms with Gasteiger partial charge in [0, 0.05) is 26.0 Å². The Morgan fingerprint density at radius 3 is 2.15 bits per heavy atom. The second kappa shape index (κ2) is 7.41. The lowest BCUT2D eigenvalue weighted by molar-refractivity contribution is -0.115. The largest absolute Gasteiger partial charge is 0.491 e. The Morgan fingerprint density at radius 1 is 1.25 bits per heavy atom. The van der Waals surface area contributed by atoms with Gasteiger partial charge in [0.25, 0.3) is 0 Å². The van der Waals surface area contributed by atoms with Crippen molar-refractivity contribution in [2.75, 3.05) is 23.8 Å². The number of amides is 2. The number of aliphatic hydroxyl groups excluding tert-OH is 2. The van der Waals surface area contributed by atoms with Gasteiger partial charge in [-0.1, -0.05) is 0 Å². The first-order valence-electron chi connectivity index (χ1n) is 5.89. The number of anilines is 2. The Balaban J connectivity index is 2.90. The lowest BCUT2D eigenvalue weighted by Crippen LogP contribution is -2.21. The molecule has 2 amide bonds. The van der Waals surface area contributed by atoms with E-state index in [2.05, 4.69) is 15.6 Å². The predicted molar refractivity (Wildman–Crippen MR) is 71.4 cm³/mol. The lowest BCUT2D eigenvalue weighted by atomic mass is 10.3. The van der Waals surface area contributed by atoms with Crippen molar-refractivity contribution < 1.29 is 24.5 Å². The van der Waals surface area contributed by atoms with Crippen LogP contribution in [0, 0.1) is 0 Å². The van der Waals surface area contributed by atoms with Crippen molar-refractivity contribution in [3.05, 3.63) is 12.1 Å². The van der Waals surface area contributed by atoms with E-state index in [4.69, 9.17) is 9.84 Å². The highest BCUT2D eigenvalue weighted by atomic mass is 16.5. The maximum absolute atomic E-state index is 11.0. The maximum Gasteiger partial charge on any atom is 0.222 e. The van der Waals surface area contributed by atoms with Gasteiger partial charge in [-0.2, -0.15) is 0 Å². The van der Waals surface area contributed by atoms with Crippen molar-refractivity contribution in [1.29, 1.82) is 0 Å². The smallest absolute Gasteiger partial charge is 0.222 e. The number of pyridine rings is 1. The predicted octanol–water partition coefficient (Wildman–Crippen LogP) is -0.270. The molecule has 20 heavy (non-hydrogen) atoms. The highest BCUT2D eigenvalue weighted by Crippen LogP contribution is 2.21. The first-order valence-corrected chi connectivity index (χ1v) is 5.89. The van der Waals surface area contributed by atoms with Crippen LogP contribution in [-0.4, -0.2) is 46.3 Å². The SMILES string of the molecule is CC(=O)Nc1cc(OCC(O)CO)cc(NC(C)=O)n1. The normalized spacial score (nSPS) is 11.6. The fourth-order valence-corrected chi connectivity index (χ4v) is 1.32. The van der Waals surface area contributed by atoms with Gasteiger partial charge in [-0.3, -0.25) is 9.59 Å². The first-order chi connectivity index (χ1) is 9.40. The molecule has 1 aromatic rings. The van der Waals surface area contributed by atoms with Crippen LogP contribution in [0.3, 0.4) is 0 Å². The van der Waals surface area contributed by atoms with E-state index in [9.17, 15) is 14.7 Å². The van der Waals surface area contributed by atoms with Gasteiger partial charge >= 0.3 is 0 Å². The first kappa shape index (κ1) is 15.9. The molecule has 0 aromatic carbocycles. The third kappa shape index (κ3) is 5.63. The number of rotatable bonds is 6. The van der Waals surface area contributed by atoms with Crippen LogP contribution in [0.2, 0.25) is 0 Å². The van der Waals surface area contributed by atoms with Crippen molar-refractivity contribution >= 4 is 23.5 Å². The molecule has 1 aromatic heterocycles. The minimum Gasteiger partial charge on any atom is -0.491 e. The van der Waals surface area contributed by atoms with E-state index in [0.717, 1.165) is 0 Å². The molecule has 0 aliphatic heterocycles. The van der Waals surface area contributed by atoms with Crippen molar-refractivity contribution in [1.82, 2.24) is 4.98 Å². The van der Waals surface area contributed by atoms with E-state index in [1.54, 1.807) is 0 Å². The van der Waals surface area contributed by atoms with Gasteiger partial charge in [0.15, 0.2) is 0 Å². The number of nitrogens with one attached hydrogen (secondary N) is 2. The average Bonchev–Trinajstić information content (AvgIpc) is 2.34. The van der Waals surface area contributed by atoms with Gasteiger partial charge in [-0.05, 0) is 0 Å². The van der Waals surface area contributed by atoms with Crippen LogP contribution in [0.1, 0.15) is 13.8 Å². The van der Waals surface area contributed by atoms with Crippen molar-refractivity contribution in [3.63, 3.8) is 0 Å². The van der Waals surface area contributed by atoms with E-state index < -0.39 is 12.7 Å². The van der Waals surface area contributed by atoms with E-state index in [0.29, 0.717) is 5.75 Å². The fourth-order valence-electron chi connectivity index (χ4n) is 1.32. The Hall–Kier alpha value is -2.19. The average molecular weight is 283 g/mol. The molecule has 1 heterocycles. The zero-order valence-corrected chi connectivity index (χ0v) is 11.2. The third-order valence-corrected chi connectivity index (χ3v) is 2.06. The maximum atomic E-state index is 11.0. The Morgan fingerprint density at radius 2 is 1.75 bits per heavy atom. The van der Waals surface area contributed by atoms with Gasteiger partial charge in [-0.15, -0.1) is 0 Å². The van der Waals surface area contributed by atoms with E-state index in [1.807, 2.05) is 0 Å². The van der Waals surface area contributed by atoms with Gasteiger partial charge in [0.2, 0.25) is 11.8 Å². The summed E-state index contributed by atoms with van der Waals surface area (Å²) in [6, 6.07) is 2.88. The summed E-state index contributed by atoms with van der Waals surface area (Å²) in [5.74, 6) is 0.0621. The highest BCUT2D eigenvalue weighted by molar-refractivity contribution is 5.90. The van der Waals surface area contributed by atoms with Crippen molar-refractivity contribution in [2.24, 2.45) is 0 Å². The number of carbonyl (C=O) groups is 2. The number of hydrogen-bond acceptors (Lipinski definition) is 6. The fraction of sp³-hybridized carbons (Fsp3) is 0.417. The molecule has 0 spiro atoms. The zero-order chi connectivity index (χ0) is 15.1. The Labute approximate surface area is 115 Å². The van der Waals surface area contributed by atoms with Crippen LogP contribution in [0.15, 0.2) is 12.1 Å². The summed E-state index contributed by atoms with van der Waals surface area (Å²) in [5.41, 5.74) is 0. The number of hydrogen-bond donors (Lipinski definition) is 4. The Kier molecular flexibility index (Phi) is 5.88. The second-order valence-electron chi connectivity index (χ2n) is 4.08. The number of ether oxygens (including phenoxy) is 1. The molecule has 4 N–H and O–H groups in total. The van der Waals surface area contributed by atoms with E-state index >= 15 is 0 Å². The van der Waals surface area contributed by atoms with Crippen LogP contribution in [0.4, 0.5) is 11.6 Å². The molecule has 1 unspecified atom stereocenters. The summed E-state index contributed by atoms with van der Waals surface area (Å²) in [5, 5.41) is 22.9. The molecule has 1 atom stereocenters. The summed E-state index contributed by atoms with van der Waals surface area (Å²) in [6.45, 7) is 2.09. The van der Waals surface area contributed by atoms with Gasteiger partial charge < -0.3 is 25.6 Å². The monoisotopic (exact) mass is 283 g/mol. The minimum absolute atomic E-state index is 0.125. The van der Waals surface area contributed by atoms with E-state index in [-0.39, 0.29) is 30.1 Å². The number of aliphatic hydroxyl groups is 2. The molecule has 110 valence electrons. The highest BCUT2D eigenvalue weighted by Gasteiger charge is 2.08. The molecule has 8 heteroatoms. The standard InChI is InChI=1S/C12H17N3O5/c1-7(17)13-11-3-10(20-6-9(19)5-16)4-12(15-11)14-8(2)18/h3-4,9,16,19H,5-6H2,1-2H3,(H2,13,14,15,17,18). The number of aromatic nitrogens is 1. The van der Waals surface area contributed by atoms with Gasteiger partial charge in [0.05, 0.1) is 6.61 Å². The topological polar surface area (TPSA) is 121 Å². The summed E-state index contributed by atoms with van der Waals surface area (Å²) >= 11 is 0. The molecular weight excluding hydrogens is 266 g/mol. The van der Waals surface area contributed by atoms with Gasteiger partial charge in [0.1, 0.15) is 30.1 Å². The molecule has 1 rings (SSSR count). The van der Waals surface area contributed by atoms with E-state index in [1.165, 1.54) is 26.0 Å². The third-order valence-electron chi connectivity index (χ3n) is 2.06. The Bertz CT molecular complexity index is 458. The summed E-state index contributed by atoms with van der Waals surface area (Å²) in [7, 11) is 0. The molecule has 0 radical (unpaired) electrons. The quantitative estimate of drug-likeness (QED) is 0.570. The minimum atomic E-state index is -1.02. The summed E-state index contributed by atoms with van der Waals surface area (Å²) < 4.78 is 5.25. The molecule has 0 bridgehead atoms. The molecule has 0 aliphatic rings. The van der Waals surface area contributed by atoms with Crippen LogP contribution in [0.25, 0.3) is 0 Å². The van der Waals surface area contributed by atoms with Crippen LogP contribution >= 0.6 is 0 Å². The van der Waals surface area contributed by atoms with Crippen LogP contribution in [0.5, 0.6) is 5.75 Å². The summed E-state index contributed by atoms with van der Waals surface area (Å²) in [6.07, 6.45) is -1.02. The lowest BCUT2D eigenvalue weighted by Gasteiger charge is -2.12. The molecule has 0 saturated heterocycles. The molecular formula is C12H17N3O5. The van der Waals surface area contributed by atoms with Crippen molar-refractivity contribution in [2.45, 2.75) is 20.0 Å². The summed E-state index contributed by atoms with van der Waals surface area (Å²) in [4.78, 5) is 26.0. The van der Waals surface area contributed by atoms with Crippen LogP contribution in [-0.2, 0) is 9.59 Å². The zero-order valence-electron chi connectivity index (χ0n) is 11.2. The second-order valence-corrected chi connectivity index (χ2v) is 4.08. The number of nitrogens with zero attached hydrogens (tertiary/aromatic N) is 1. The molecule has 0 saturated carbocycles. The van der Waals surface area contributed by atoms with Crippen LogP contribution < -0.4 is 15.4 Å².